The highest BCUT2D eigenvalue weighted by Gasteiger charge is 2.09. The molecule has 0 saturated heterocycles. The van der Waals surface area contributed by atoms with Crippen molar-refractivity contribution in [2.24, 2.45) is 0 Å². The lowest BCUT2D eigenvalue weighted by Gasteiger charge is -2.08. The fraction of sp³-hybridized carbons (Fsp3) is 0. The van der Waals surface area contributed by atoms with Gasteiger partial charge >= 0.3 is 0 Å². The Hall–Kier alpha value is -3.91. The van der Waals surface area contributed by atoms with Crippen molar-refractivity contribution in [2.75, 3.05) is 0 Å². The molecule has 7 rings (SSSR count). The highest BCUT2D eigenvalue weighted by atomic mass is 32.1. The van der Waals surface area contributed by atoms with Gasteiger partial charge in [-0.15, -0.1) is 20.6 Å². The van der Waals surface area contributed by atoms with Gasteiger partial charge in [0, 0.05) is 39.0 Å². The molecule has 0 saturated carbocycles. The summed E-state index contributed by atoms with van der Waals surface area (Å²) in [5.74, 6) is 0. The van der Waals surface area contributed by atoms with Crippen LogP contribution in [0.2, 0.25) is 0 Å². The van der Waals surface area contributed by atoms with E-state index in [0.717, 1.165) is 21.7 Å². The summed E-state index contributed by atoms with van der Waals surface area (Å²) < 4.78 is 1.25. The first-order chi connectivity index (χ1) is 17.7. The molecule has 0 N–H and O–H groups in total. The van der Waals surface area contributed by atoms with Gasteiger partial charge in [0.2, 0.25) is 0 Å². The first-order valence-electron chi connectivity index (χ1n) is 11.9. The Labute approximate surface area is 215 Å². The second-order valence-electron chi connectivity index (χ2n) is 9.00. The molecule has 3 heterocycles. The van der Waals surface area contributed by atoms with E-state index in [9.17, 15) is 0 Å². The van der Waals surface area contributed by atoms with Gasteiger partial charge in [-0.25, -0.2) is 4.98 Å². The summed E-state index contributed by atoms with van der Waals surface area (Å²) in [6.07, 6.45) is 3.84. The third-order valence-corrected chi connectivity index (χ3v) is 8.20. The number of aromatic nitrogens is 2. The average Bonchev–Trinajstić information content (AvgIpc) is 3.31. The van der Waals surface area contributed by atoms with Crippen molar-refractivity contribution >= 4 is 57.0 Å². The molecule has 7 aromatic rings. The molecule has 2 nitrogen and oxygen atoms in total. The van der Waals surface area contributed by atoms with E-state index in [1.807, 2.05) is 18.5 Å². The van der Waals surface area contributed by atoms with Gasteiger partial charge in [0.1, 0.15) is 4.83 Å². The first-order valence-corrected chi connectivity index (χ1v) is 13.2. The number of rotatable bonds is 3. The van der Waals surface area contributed by atoms with Crippen molar-refractivity contribution in [1.82, 2.24) is 9.97 Å². The minimum atomic E-state index is 0.976. The summed E-state index contributed by atoms with van der Waals surface area (Å²) in [5, 5.41) is 6.10. The summed E-state index contributed by atoms with van der Waals surface area (Å²) in [7, 11) is 2.74. The smallest absolute Gasteiger partial charge is 0.124 e. The quantitative estimate of drug-likeness (QED) is 0.229. The Kier molecular flexibility index (Phi) is 5.13. The van der Waals surface area contributed by atoms with E-state index in [0.29, 0.717) is 0 Å². The summed E-state index contributed by atoms with van der Waals surface area (Å²) in [6.45, 7) is 0. The third-order valence-electron chi connectivity index (χ3n) is 6.72. The van der Waals surface area contributed by atoms with E-state index in [1.165, 1.54) is 48.2 Å². The van der Waals surface area contributed by atoms with Crippen molar-refractivity contribution in [3.63, 3.8) is 0 Å². The number of pyridine rings is 2. The van der Waals surface area contributed by atoms with Gasteiger partial charge in [-0.05, 0) is 75.2 Å². The maximum absolute atomic E-state index is 4.84. The average molecular weight is 497 g/mol. The van der Waals surface area contributed by atoms with Crippen LogP contribution in [0.1, 0.15) is 0 Å². The summed E-state index contributed by atoms with van der Waals surface area (Å²) in [5.41, 5.74) is 6.84. The molecule has 0 aliphatic heterocycles. The van der Waals surface area contributed by atoms with E-state index in [-0.39, 0.29) is 0 Å². The van der Waals surface area contributed by atoms with Crippen molar-refractivity contribution in [3.8, 4) is 33.5 Å². The van der Waals surface area contributed by atoms with Crippen molar-refractivity contribution in [3.05, 3.63) is 116 Å². The third kappa shape index (κ3) is 3.78. The molecule has 1 unspecified atom stereocenters. The molecule has 36 heavy (non-hydrogen) atoms. The normalized spacial score (nSPS) is 11.5. The van der Waals surface area contributed by atoms with Crippen molar-refractivity contribution in [1.29, 1.82) is 0 Å². The molecular weight excluding hydrogens is 475 g/mol. The van der Waals surface area contributed by atoms with Gasteiger partial charge in [-0.3, -0.25) is 4.98 Å². The number of fused-ring (bicyclic) bond motifs is 4. The molecule has 0 aliphatic carbocycles. The number of hydrogen-bond donors (Lipinski definition) is 0. The molecule has 170 valence electrons. The molecule has 4 aromatic carbocycles. The Bertz CT molecular complexity index is 1890. The summed E-state index contributed by atoms with van der Waals surface area (Å²) in [4.78, 5) is 10.4. The maximum Gasteiger partial charge on any atom is 0.124 e. The van der Waals surface area contributed by atoms with Crippen LogP contribution in [-0.2, 0) is 0 Å². The fourth-order valence-electron chi connectivity index (χ4n) is 4.79. The molecule has 0 radical (unpaired) electrons. The van der Waals surface area contributed by atoms with E-state index < -0.39 is 0 Å². The highest BCUT2D eigenvalue weighted by molar-refractivity contribution is 7.27. The molecule has 0 amide bonds. The fourth-order valence-corrected chi connectivity index (χ4v) is 6.00. The Balaban J connectivity index is 1.23. The van der Waals surface area contributed by atoms with Crippen LogP contribution < -0.4 is 5.30 Å². The molecule has 1 atom stereocenters. The number of nitrogens with zero attached hydrogens (tertiary/aromatic N) is 2. The van der Waals surface area contributed by atoms with Crippen LogP contribution in [0.25, 0.3) is 64.6 Å². The van der Waals surface area contributed by atoms with E-state index in [4.69, 9.17) is 4.98 Å². The molecule has 0 spiro atoms. The maximum atomic E-state index is 4.84. The SMILES string of the molecule is Pc1ccc(-c2ccc3ccc(-c4ccc(-c5ccc6sc7ncccc7c6c5)nc4)cc3c2)cc1. The molecule has 3 aromatic heterocycles. The van der Waals surface area contributed by atoms with Gasteiger partial charge in [0.15, 0.2) is 0 Å². The monoisotopic (exact) mass is 496 g/mol. The second kappa shape index (κ2) is 8.64. The number of thiophene rings is 1. The molecule has 0 bridgehead atoms. The summed E-state index contributed by atoms with van der Waals surface area (Å²) in [6, 6.07) is 36.9. The Morgan fingerprint density at radius 2 is 1.28 bits per heavy atom. The van der Waals surface area contributed by atoms with Crippen molar-refractivity contribution in [2.45, 2.75) is 0 Å². The van der Waals surface area contributed by atoms with Crippen LogP contribution in [0.15, 0.2) is 116 Å². The number of hydrogen-bond acceptors (Lipinski definition) is 3. The first kappa shape index (κ1) is 21.4. The largest absolute Gasteiger partial charge is 0.256 e. The number of benzene rings is 4. The van der Waals surface area contributed by atoms with Gasteiger partial charge in [-0.1, -0.05) is 60.7 Å². The van der Waals surface area contributed by atoms with Crippen LogP contribution in [0.4, 0.5) is 0 Å². The van der Waals surface area contributed by atoms with Crippen LogP contribution in [0.5, 0.6) is 0 Å². The Morgan fingerprint density at radius 1 is 0.556 bits per heavy atom. The predicted octanol–water partition coefficient (Wildman–Crippen LogP) is 8.50. The lowest BCUT2D eigenvalue weighted by Crippen LogP contribution is -1.88. The zero-order valence-electron chi connectivity index (χ0n) is 19.3. The zero-order valence-corrected chi connectivity index (χ0v) is 21.3. The van der Waals surface area contributed by atoms with Gasteiger partial charge < -0.3 is 0 Å². The predicted molar refractivity (Wildman–Crippen MR) is 158 cm³/mol. The highest BCUT2D eigenvalue weighted by Crippen LogP contribution is 2.35. The molecular formula is C32H21N2PS. The molecule has 0 aliphatic rings. The van der Waals surface area contributed by atoms with Crippen molar-refractivity contribution < 1.29 is 0 Å². The van der Waals surface area contributed by atoms with Crippen LogP contribution in [0.3, 0.4) is 0 Å². The van der Waals surface area contributed by atoms with Gasteiger partial charge in [-0.2, -0.15) is 0 Å². The van der Waals surface area contributed by atoms with E-state index >= 15 is 0 Å². The van der Waals surface area contributed by atoms with Gasteiger partial charge in [0.05, 0.1) is 5.69 Å². The van der Waals surface area contributed by atoms with E-state index in [1.54, 1.807) is 11.3 Å². The van der Waals surface area contributed by atoms with Crippen LogP contribution >= 0.6 is 20.6 Å². The molecule has 0 fully saturated rings. The topological polar surface area (TPSA) is 25.8 Å². The van der Waals surface area contributed by atoms with Crippen LogP contribution in [0, 0.1) is 0 Å². The zero-order chi connectivity index (χ0) is 24.1. The second-order valence-corrected chi connectivity index (χ2v) is 10.7. The standard InChI is InChI=1S/C32H21N2PS/c35-27-11-7-20(8-12-27)22-5-3-21-4-6-23(17-26(21)16-22)25-9-13-30(34-19-25)24-10-14-31-29(18-24)28-2-1-15-33-32(28)36-31/h1-19H,35H2. The minimum absolute atomic E-state index is 0.976. The van der Waals surface area contributed by atoms with E-state index in [2.05, 4.69) is 111 Å². The molecule has 4 heteroatoms. The Morgan fingerprint density at radius 3 is 2.06 bits per heavy atom. The minimum Gasteiger partial charge on any atom is -0.256 e. The van der Waals surface area contributed by atoms with Gasteiger partial charge in [0.25, 0.3) is 0 Å². The lowest BCUT2D eigenvalue weighted by atomic mass is 9.98. The summed E-state index contributed by atoms with van der Waals surface area (Å²) >= 11 is 1.73. The lowest BCUT2D eigenvalue weighted by molar-refractivity contribution is 1.33. The van der Waals surface area contributed by atoms with Crippen LogP contribution in [-0.4, -0.2) is 9.97 Å².